The molecule has 0 aromatic carbocycles. The summed E-state index contributed by atoms with van der Waals surface area (Å²) in [4.78, 5) is 11.6. The molecule has 2 fully saturated rings. The summed E-state index contributed by atoms with van der Waals surface area (Å²) < 4.78 is 0. The molecule has 2 aliphatic carbocycles. The molecule has 0 aromatic rings. The van der Waals surface area contributed by atoms with Crippen molar-refractivity contribution in [1.29, 1.82) is 0 Å². The Kier molecular flexibility index (Phi) is 2.42. The maximum absolute atomic E-state index is 11.6. The fourth-order valence-electron chi connectivity index (χ4n) is 4.01. The molecule has 0 aliphatic heterocycles. The van der Waals surface area contributed by atoms with Crippen molar-refractivity contribution in [1.82, 2.24) is 0 Å². The molecule has 2 atom stereocenters. The Morgan fingerprint density at radius 2 is 1.81 bits per heavy atom. The van der Waals surface area contributed by atoms with Gasteiger partial charge in [0.2, 0.25) is 0 Å². The number of rotatable bonds is 2. The number of hydrogen-bond donors (Lipinski definition) is 1. The Labute approximate surface area is 98.4 Å². The highest BCUT2D eigenvalue weighted by atomic mass is 16.4. The largest absolute Gasteiger partial charge is 0.481 e. The van der Waals surface area contributed by atoms with Gasteiger partial charge in [0.25, 0.3) is 0 Å². The van der Waals surface area contributed by atoms with Crippen LogP contribution in [0.2, 0.25) is 0 Å². The molecule has 2 aliphatic rings. The van der Waals surface area contributed by atoms with Gasteiger partial charge in [-0.05, 0) is 42.4 Å². The molecule has 0 bridgehead atoms. The normalized spacial score (nSPS) is 40.4. The first-order valence-electron chi connectivity index (χ1n) is 6.45. The van der Waals surface area contributed by atoms with Gasteiger partial charge in [0.1, 0.15) is 0 Å². The summed E-state index contributed by atoms with van der Waals surface area (Å²) in [6.45, 7) is 8.79. The van der Waals surface area contributed by atoms with Crippen molar-refractivity contribution < 1.29 is 9.90 Å². The van der Waals surface area contributed by atoms with Crippen molar-refractivity contribution in [3.8, 4) is 0 Å². The second kappa shape index (κ2) is 3.24. The van der Waals surface area contributed by atoms with Gasteiger partial charge in [-0.25, -0.2) is 0 Å². The Hall–Kier alpha value is -0.530. The van der Waals surface area contributed by atoms with Crippen LogP contribution in [-0.4, -0.2) is 11.1 Å². The maximum Gasteiger partial charge on any atom is 0.310 e. The Balaban J connectivity index is 2.21. The van der Waals surface area contributed by atoms with Gasteiger partial charge in [-0.3, -0.25) is 4.79 Å². The lowest BCUT2D eigenvalue weighted by Crippen LogP contribution is -2.35. The molecule has 2 saturated carbocycles. The van der Waals surface area contributed by atoms with Crippen LogP contribution < -0.4 is 0 Å². The van der Waals surface area contributed by atoms with E-state index in [9.17, 15) is 9.90 Å². The molecule has 16 heavy (non-hydrogen) atoms. The fourth-order valence-corrected chi connectivity index (χ4v) is 4.01. The molecule has 0 spiro atoms. The third-order valence-electron chi connectivity index (χ3n) is 5.09. The van der Waals surface area contributed by atoms with Gasteiger partial charge in [-0.2, -0.15) is 0 Å². The number of carboxylic acid groups (broad SMARTS) is 1. The zero-order valence-corrected chi connectivity index (χ0v) is 11.0. The third kappa shape index (κ3) is 1.57. The second-order valence-electron chi connectivity index (χ2n) is 7.29. The van der Waals surface area contributed by atoms with Crippen molar-refractivity contribution in [3.05, 3.63) is 0 Å². The van der Waals surface area contributed by atoms with Gasteiger partial charge in [0.15, 0.2) is 0 Å². The van der Waals surface area contributed by atoms with Crippen LogP contribution in [0.4, 0.5) is 0 Å². The molecule has 2 unspecified atom stereocenters. The molecule has 2 rings (SSSR count). The topological polar surface area (TPSA) is 37.3 Å². The predicted octanol–water partition coefficient (Wildman–Crippen LogP) is 3.70. The first-order valence-corrected chi connectivity index (χ1v) is 6.45. The van der Waals surface area contributed by atoms with Gasteiger partial charge >= 0.3 is 5.97 Å². The third-order valence-corrected chi connectivity index (χ3v) is 5.09. The van der Waals surface area contributed by atoms with Crippen molar-refractivity contribution >= 4 is 5.97 Å². The molecular weight excluding hydrogens is 200 g/mol. The SMILES string of the molecule is CC1(C)CCCC(C2(C(=O)O)CC2(C)C)C1. The van der Waals surface area contributed by atoms with E-state index in [-0.39, 0.29) is 5.41 Å². The minimum atomic E-state index is -0.555. The van der Waals surface area contributed by atoms with Gasteiger partial charge in [0, 0.05) is 0 Å². The molecule has 0 heterocycles. The standard InChI is InChI=1S/C14H24O2/c1-12(2)7-5-6-10(8-12)14(11(15)16)9-13(14,3)4/h10H,5-9H2,1-4H3,(H,15,16). The lowest BCUT2D eigenvalue weighted by atomic mass is 9.65. The molecule has 0 radical (unpaired) electrons. The van der Waals surface area contributed by atoms with Crippen LogP contribution in [0.25, 0.3) is 0 Å². The fraction of sp³-hybridized carbons (Fsp3) is 0.929. The molecule has 2 heteroatoms. The Morgan fingerprint density at radius 3 is 2.19 bits per heavy atom. The van der Waals surface area contributed by atoms with Crippen LogP contribution in [0.1, 0.15) is 59.8 Å². The number of carboxylic acids is 1. The average molecular weight is 224 g/mol. The average Bonchev–Trinajstić information content (AvgIpc) is 2.69. The van der Waals surface area contributed by atoms with Crippen LogP contribution in [0.5, 0.6) is 0 Å². The summed E-state index contributed by atoms with van der Waals surface area (Å²) in [7, 11) is 0. The lowest BCUT2D eigenvalue weighted by molar-refractivity contribution is -0.148. The lowest BCUT2D eigenvalue weighted by Gasteiger charge is -2.39. The number of carbonyl (C=O) groups is 1. The highest BCUT2D eigenvalue weighted by Gasteiger charge is 2.70. The molecule has 92 valence electrons. The van der Waals surface area contributed by atoms with Crippen molar-refractivity contribution in [2.75, 3.05) is 0 Å². The summed E-state index contributed by atoms with van der Waals surface area (Å²) in [6.07, 6.45) is 5.51. The smallest absolute Gasteiger partial charge is 0.310 e. The second-order valence-corrected chi connectivity index (χ2v) is 7.29. The van der Waals surface area contributed by atoms with E-state index >= 15 is 0 Å². The molecule has 0 aromatic heterocycles. The van der Waals surface area contributed by atoms with Gasteiger partial charge < -0.3 is 5.11 Å². The summed E-state index contributed by atoms with van der Waals surface area (Å²) in [5.41, 5.74) is -0.0638. The molecular formula is C14H24O2. The van der Waals surface area contributed by atoms with E-state index in [4.69, 9.17) is 0 Å². The zero-order chi connectivity index (χ0) is 12.2. The van der Waals surface area contributed by atoms with Crippen molar-refractivity contribution in [3.63, 3.8) is 0 Å². The quantitative estimate of drug-likeness (QED) is 0.776. The van der Waals surface area contributed by atoms with Gasteiger partial charge in [-0.1, -0.05) is 34.1 Å². The summed E-state index contributed by atoms with van der Waals surface area (Å²) in [5, 5.41) is 9.56. The molecule has 2 nitrogen and oxygen atoms in total. The minimum Gasteiger partial charge on any atom is -0.481 e. The van der Waals surface area contributed by atoms with Crippen LogP contribution in [-0.2, 0) is 4.79 Å². The van der Waals surface area contributed by atoms with E-state index in [1.807, 2.05) is 0 Å². The zero-order valence-electron chi connectivity index (χ0n) is 11.0. The Morgan fingerprint density at radius 1 is 1.25 bits per heavy atom. The summed E-state index contributed by atoms with van der Waals surface area (Å²) >= 11 is 0. The Bertz CT molecular complexity index is 317. The van der Waals surface area contributed by atoms with Crippen molar-refractivity contribution in [2.45, 2.75) is 59.8 Å². The summed E-state index contributed by atoms with van der Waals surface area (Å²) in [5.74, 6) is -0.163. The van der Waals surface area contributed by atoms with Crippen LogP contribution in [0, 0.1) is 22.2 Å². The van der Waals surface area contributed by atoms with Gasteiger partial charge in [-0.15, -0.1) is 0 Å². The van der Waals surface area contributed by atoms with E-state index in [0.717, 1.165) is 19.3 Å². The number of aliphatic carboxylic acids is 1. The monoisotopic (exact) mass is 224 g/mol. The van der Waals surface area contributed by atoms with Crippen LogP contribution in [0.15, 0.2) is 0 Å². The van der Waals surface area contributed by atoms with Crippen LogP contribution >= 0.6 is 0 Å². The highest BCUT2D eigenvalue weighted by Crippen LogP contribution is 2.70. The molecule has 1 N–H and O–H groups in total. The first-order chi connectivity index (χ1) is 7.21. The number of hydrogen-bond acceptors (Lipinski definition) is 1. The van der Waals surface area contributed by atoms with E-state index in [2.05, 4.69) is 27.7 Å². The van der Waals surface area contributed by atoms with E-state index in [1.54, 1.807) is 0 Å². The first kappa shape index (κ1) is 11.9. The predicted molar refractivity (Wildman–Crippen MR) is 64.2 cm³/mol. The van der Waals surface area contributed by atoms with Gasteiger partial charge in [0.05, 0.1) is 5.41 Å². The van der Waals surface area contributed by atoms with Crippen LogP contribution in [0.3, 0.4) is 0 Å². The highest BCUT2D eigenvalue weighted by molar-refractivity contribution is 5.80. The molecule has 0 amide bonds. The summed E-state index contributed by atoms with van der Waals surface area (Å²) in [6, 6.07) is 0. The van der Waals surface area contributed by atoms with E-state index in [1.165, 1.54) is 12.8 Å². The molecule has 0 saturated heterocycles. The van der Waals surface area contributed by atoms with E-state index < -0.39 is 11.4 Å². The van der Waals surface area contributed by atoms with Crippen molar-refractivity contribution in [2.24, 2.45) is 22.2 Å². The minimum absolute atomic E-state index is 0.0108. The maximum atomic E-state index is 11.6. The van der Waals surface area contributed by atoms with E-state index in [0.29, 0.717) is 11.3 Å².